The molecule has 1 heterocycles. The summed E-state index contributed by atoms with van der Waals surface area (Å²) < 4.78 is 0. The Morgan fingerprint density at radius 1 is 0.800 bits per heavy atom. The molecule has 0 aromatic heterocycles. The molecule has 0 amide bonds. The van der Waals surface area contributed by atoms with E-state index in [1.54, 1.807) is 0 Å². The predicted molar refractivity (Wildman–Crippen MR) is 109 cm³/mol. The van der Waals surface area contributed by atoms with Crippen LogP contribution in [0.15, 0.2) is 48.5 Å². The number of rotatable bonds is 5. The maximum Gasteiger partial charge on any atom is 0.0327 e. The smallest absolute Gasteiger partial charge is 0.0327 e. The third-order valence-corrected chi connectivity index (χ3v) is 6.11. The number of nitrogens with one attached hydrogen (secondary N) is 1. The van der Waals surface area contributed by atoms with Gasteiger partial charge in [0.25, 0.3) is 0 Å². The van der Waals surface area contributed by atoms with Gasteiger partial charge in [-0.05, 0) is 60.4 Å². The molecule has 0 bridgehead atoms. The van der Waals surface area contributed by atoms with Gasteiger partial charge >= 0.3 is 0 Å². The number of hydrogen-bond acceptors (Lipinski definition) is 1. The highest BCUT2D eigenvalue weighted by atomic mass is 15.0. The fraction of sp³-hybridized carbons (Fsp3) is 0.500. The van der Waals surface area contributed by atoms with Crippen LogP contribution in [0.3, 0.4) is 0 Å². The molecule has 0 unspecified atom stereocenters. The zero-order chi connectivity index (χ0) is 18.0. The van der Waals surface area contributed by atoms with Crippen LogP contribution in [0.4, 0.5) is 0 Å². The first kappa shape index (κ1) is 18.2. The lowest BCUT2D eigenvalue weighted by Gasteiger charge is -2.37. The van der Waals surface area contributed by atoms with Gasteiger partial charge < -0.3 is 5.32 Å². The van der Waals surface area contributed by atoms with E-state index in [0.717, 1.165) is 6.54 Å². The highest BCUT2D eigenvalue weighted by Crippen LogP contribution is 2.39. The van der Waals surface area contributed by atoms with Crippen molar-refractivity contribution in [3.05, 3.63) is 70.8 Å². The summed E-state index contributed by atoms with van der Waals surface area (Å²) in [5.41, 5.74) is 5.70. The van der Waals surface area contributed by atoms with Gasteiger partial charge in [-0.25, -0.2) is 0 Å². The van der Waals surface area contributed by atoms with Crippen LogP contribution in [0.1, 0.15) is 81.5 Å². The summed E-state index contributed by atoms with van der Waals surface area (Å²) in [6.45, 7) is 12.6. The molecule has 2 aromatic carbocycles. The maximum atomic E-state index is 3.77. The van der Waals surface area contributed by atoms with E-state index >= 15 is 0 Å². The standard InChI is InChI=1S/C24H33N/c1-17(2)19-8-12-21(13-9-19)24(5,23-7-6-16-25-23)22-14-10-20(11-15-22)18(3)4/h8-15,17-18,23,25H,6-7,16H2,1-5H3/t23-/m0/s1. The van der Waals surface area contributed by atoms with E-state index in [-0.39, 0.29) is 5.41 Å². The lowest BCUT2D eigenvalue weighted by atomic mass is 9.69. The van der Waals surface area contributed by atoms with Crippen molar-refractivity contribution >= 4 is 0 Å². The molecule has 2 aromatic rings. The van der Waals surface area contributed by atoms with Crippen LogP contribution >= 0.6 is 0 Å². The molecule has 1 atom stereocenters. The summed E-state index contributed by atoms with van der Waals surface area (Å²) in [4.78, 5) is 0. The number of benzene rings is 2. The van der Waals surface area contributed by atoms with Gasteiger partial charge in [-0.3, -0.25) is 0 Å². The molecule has 3 rings (SSSR count). The Morgan fingerprint density at radius 3 is 1.56 bits per heavy atom. The molecule has 1 fully saturated rings. The Morgan fingerprint density at radius 2 is 1.24 bits per heavy atom. The van der Waals surface area contributed by atoms with E-state index in [0.29, 0.717) is 17.9 Å². The zero-order valence-corrected chi connectivity index (χ0v) is 16.5. The van der Waals surface area contributed by atoms with Gasteiger partial charge in [0.05, 0.1) is 0 Å². The Kier molecular flexibility index (Phi) is 5.34. The molecule has 1 saturated heterocycles. The van der Waals surface area contributed by atoms with Gasteiger partial charge in [0.1, 0.15) is 0 Å². The van der Waals surface area contributed by atoms with Crippen LogP contribution in [-0.4, -0.2) is 12.6 Å². The summed E-state index contributed by atoms with van der Waals surface area (Å²) >= 11 is 0. The van der Waals surface area contributed by atoms with Gasteiger partial charge in [-0.15, -0.1) is 0 Å². The fourth-order valence-electron chi connectivity index (χ4n) is 4.17. The van der Waals surface area contributed by atoms with Crippen LogP contribution in [-0.2, 0) is 5.41 Å². The summed E-state index contributed by atoms with van der Waals surface area (Å²) in [6, 6.07) is 19.2. The Bertz CT molecular complexity index is 622. The Hall–Kier alpha value is -1.60. The largest absolute Gasteiger partial charge is 0.313 e. The van der Waals surface area contributed by atoms with Crippen molar-refractivity contribution in [1.29, 1.82) is 0 Å². The molecule has 1 heteroatoms. The minimum atomic E-state index is 0.0154. The lowest BCUT2D eigenvalue weighted by molar-refractivity contribution is 0.406. The van der Waals surface area contributed by atoms with Crippen molar-refractivity contribution in [3.63, 3.8) is 0 Å². The SMILES string of the molecule is CC(C)c1ccc(C(C)(c2ccc(C(C)C)cc2)[C@@H]2CCCN2)cc1. The minimum absolute atomic E-state index is 0.0154. The van der Waals surface area contributed by atoms with Gasteiger partial charge in [-0.1, -0.05) is 76.2 Å². The lowest BCUT2D eigenvalue weighted by Crippen LogP contribution is -2.44. The molecule has 25 heavy (non-hydrogen) atoms. The van der Waals surface area contributed by atoms with Crippen molar-refractivity contribution in [2.75, 3.05) is 6.54 Å². The van der Waals surface area contributed by atoms with Gasteiger partial charge in [0.2, 0.25) is 0 Å². The average Bonchev–Trinajstić information content (AvgIpc) is 3.16. The van der Waals surface area contributed by atoms with Crippen LogP contribution in [0, 0.1) is 0 Å². The Balaban J connectivity index is 2.03. The van der Waals surface area contributed by atoms with Crippen molar-refractivity contribution in [2.24, 2.45) is 0 Å². The molecule has 0 spiro atoms. The van der Waals surface area contributed by atoms with Crippen LogP contribution in [0.5, 0.6) is 0 Å². The van der Waals surface area contributed by atoms with Crippen LogP contribution < -0.4 is 5.32 Å². The number of hydrogen-bond donors (Lipinski definition) is 1. The van der Waals surface area contributed by atoms with Crippen molar-refractivity contribution < 1.29 is 0 Å². The second-order valence-electron chi connectivity index (χ2n) is 8.40. The summed E-state index contributed by atoms with van der Waals surface area (Å²) in [5, 5.41) is 3.77. The average molecular weight is 336 g/mol. The second-order valence-corrected chi connectivity index (χ2v) is 8.40. The summed E-state index contributed by atoms with van der Waals surface area (Å²) in [5.74, 6) is 1.16. The van der Waals surface area contributed by atoms with Gasteiger partial charge in [0.15, 0.2) is 0 Å². The summed E-state index contributed by atoms with van der Waals surface area (Å²) in [7, 11) is 0. The highest BCUT2D eigenvalue weighted by molar-refractivity contribution is 5.43. The van der Waals surface area contributed by atoms with Crippen molar-refractivity contribution in [3.8, 4) is 0 Å². The molecule has 0 aliphatic carbocycles. The third-order valence-electron chi connectivity index (χ3n) is 6.11. The molecule has 0 radical (unpaired) electrons. The van der Waals surface area contributed by atoms with Crippen molar-refractivity contribution in [2.45, 2.75) is 70.8 Å². The molecular weight excluding hydrogens is 302 g/mol. The second kappa shape index (κ2) is 7.33. The monoisotopic (exact) mass is 335 g/mol. The molecule has 1 nitrogen and oxygen atoms in total. The van der Waals surface area contributed by atoms with Crippen LogP contribution in [0.2, 0.25) is 0 Å². The Labute approximate surface area is 153 Å². The van der Waals surface area contributed by atoms with E-state index in [1.807, 2.05) is 0 Å². The predicted octanol–water partition coefficient (Wildman–Crippen LogP) is 5.99. The molecule has 1 aliphatic rings. The van der Waals surface area contributed by atoms with E-state index in [2.05, 4.69) is 88.5 Å². The molecular formula is C24H33N. The first-order valence-corrected chi connectivity index (χ1v) is 9.87. The first-order chi connectivity index (χ1) is 11.9. The van der Waals surface area contributed by atoms with E-state index in [1.165, 1.54) is 35.1 Å². The molecule has 134 valence electrons. The highest BCUT2D eigenvalue weighted by Gasteiger charge is 2.39. The first-order valence-electron chi connectivity index (χ1n) is 9.87. The summed E-state index contributed by atoms with van der Waals surface area (Å²) in [6.07, 6.45) is 2.52. The molecule has 1 N–H and O–H groups in total. The zero-order valence-electron chi connectivity index (χ0n) is 16.5. The van der Waals surface area contributed by atoms with Gasteiger partial charge in [0, 0.05) is 11.5 Å². The topological polar surface area (TPSA) is 12.0 Å². The van der Waals surface area contributed by atoms with Crippen LogP contribution in [0.25, 0.3) is 0 Å². The minimum Gasteiger partial charge on any atom is -0.313 e. The van der Waals surface area contributed by atoms with Crippen molar-refractivity contribution in [1.82, 2.24) is 5.32 Å². The van der Waals surface area contributed by atoms with E-state index in [4.69, 9.17) is 0 Å². The third kappa shape index (κ3) is 3.53. The van der Waals surface area contributed by atoms with Gasteiger partial charge in [-0.2, -0.15) is 0 Å². The van der Waals surface area contributed by atoms with E-state index in [9.17, 15) is 0 Å². The van der Waals surface area contributed by atoms with E-state index < -0.39 is 0 Å². The fourth-order valence-corrected chi connectivity index (χ4v) is 4.17. The molecule has 1 aliphatic heterocycles. The maximum absolute atomic E-state index is 3.77. The quantitative estimate of drug-likeness (QED) is 0.707. The molecule has 0 saturated carbocycles. The normalized spacial score (nSPS) is 18.3.